The van der Waals surface area contributed by atoms with E-state index in [2.05, 4.69) is 41.5 Å². The maximum atomic E-state index is 10.9. The molecule has 3 aromatic heterocycles. The van der Waals surface area contributed by atoms with Gasteiger partial charge in [0.1, 0.15) is 11.0 Å². The number of nitrogens with one attached hydrogen (secondary N) is 3. The molecule has 4 aromatic rings. The van der Waals surface area contributed by atoms with Gasteiger partial charge in [-0.1, -0.05) is 36.7 Å². The Morgan fingerprint density at radius 1 is 1.12 bits per heavy atom. The highest BCUT2D eigenvalue weighted by molar-refractivity contribution is 6.29. The van der Waals surface area contributed by atoms with Gasteiger partial charge in [-0.3, -0.25) is 24.3 Å². The fraction of sp³-hybridized carbons (Fsp3) is 0.259. The molecule has 3 heterocycles. The van der Waals surface area contributed by atoms with Gasteiger partial charge in [0.15, 0.2) is 0 Å². The van der Waals surface area contributed by atoms with Crippen LogP contribution in [-0.4, -0.2) is 55.8 Å². The second-order valence-electron chi connectivity index (χ2n) is 8.54. The molecule has 0 radical (unpaired) electrons. The van der Waals surface area contributed by atoms with Crippen LogP contribution in [0.15, 0.2) is 48.8 Å². The molecule has 14 heteroatoms. The maximum Gasteiger partial charge on any atom is 0.286 e. The molecule has 41 heavy (non-hydrogen) atoms. The van der Waals surface area contributed by atoms with Crippen LogP contribution in [0.2, 0.25) is 5.15 Å². The molecule has 0 spiro atoms. The number of benzene rings is 1. The van der Waals surface area contributed by atoms with Gasteiger partial charge in [0.05, 0.1) is 5.52 Å². The number of pyridine rings is 1. The standard InChI is InChI=1S/C13H11N5O.C8H9ClN2O.C5H9NO.CH3NO/c1-7-10-3-2-8(4-11(10)18-17-7)9-5-15-13(12(14)19)16-6-9;1-2-8(12)11-7-5-3-4-6(9)10-7;7-4-6-5-2-1-3-5;2-1-3/h2-6H,1H3,(H2,14,19)(H,17,18);3-5H,2H2,1H3,(H,10,11,12);4-5H,1-3H2,(H,6,7);1H,(H2,2,3). The van der Waals surface area contributed by atoms with Crippen LogP contribution in [0.4, 0.5) is 5.82 Å². The summed E-state index contributed by atoms with van der Waals surface area (Å²) in [4.78, 5) is 51.8. The van der Waals surface area contributed by atoms with Gasteiger partial charge in [-0.2, -0.15) is 5.10 Å². The number of anilines is 1. The SMILES string of the molecule is CCC(=O)Nc1cccc(Cl)n1.Cc1[nH]nc2cc(-c3cnc(C(N)=O)nc3)ccc12.NC=O.O=CNC1CCC1. The molecule has 216 valence electrons. The summed E-state index contributed by atoms with van der Waals surface area (Å²) in [5.74, 6) is -0.190. The van der Waals surface area contributed by atoms with Gasteiger partial charge in [-0.05, 0) is 49.9 Å². The predicted molar refractivity (Wildman–Crippen MR) is 156 cm³/mol. The number of hydrogen-bond donors (Lipinski definition) is 5. The van der Waals surface area contributed by atoms with Crippen LogP contribution in [0.25, 0.3) is 22.0 Å². The van der Waals surface area contributed by atoms with Gasteiger partial charge < -0.3 is 22.1 Å². The van der Waals surface area contributed by atoms with Gasteiger partial charge >= 0.3 is 0 Å². The number of aromatic amines is 1. The number of aryl methyl sites for hydroxylation is 1. The Bertz CT molecular complexity index is 1440. The summed E-state index contributed by atoms with van der Waals surface area (Å²) < 4.78 is 0. The Balaban J connectivity index is 0.000000228. The smallest absolute Gasteiger partial charge is 0.286 e. The molecule has 0 atom stereocenters. The first-order valence-electron chi connectivity index (χ1n) is 12.6. The Labute approximate surface area is 241 Å². The molecule has 0 aliphatic heterocycles. The summed E-state index contributed by atoms with van der Waals surface area (Å²) in [5.41, 5.74) is 12.9. The van der Waals surface area contributed by atoms with E-state index in [4.69, 9.17) is 22.1 Å². The Morgan fingerprint density at radius 2 is 1.80 bits per heavy atom. The van der Waals surface area contributed by atoms with Crippen LogP contribution in [0.5, 0.6) is 0 Å². The van der Waals surface area contributed by atoms with Crippen LogP contribution in [0.3, 0.4) is 0 Å². The van der Waals surface area contributed by atoms with Gasteiger partial charge in [0, 0.05) is 41.5 Å². The second kappa shape index (κ2) is 16.9. The topological polar surface area (TPSA) is 212 Å². The molecule has 0 unspecified atom stereocenters. The molecule has 1 saturated carbocycles. The highest BCUT2D eigenvalue weighted by Gasteiger charge is 2.14. The van der Waals surface area contributed by atoms with Crippen molar-refractivity contribution < 1.29 is 19.2 Å². The van der Waals surface area contributed by atoms with Crippen LogP contribution < -0.4 is 22.1 Å². The molecule has 1 aromatic carbocycles. The first-order valence-corrected chi connectivity index (χ1v) is 12.9. The van der Waals surface area contributed by atoms with Crippen molar-refractivity contribution in [2.45, 2.75) is 45.6 Å². The van der Waals surface area contributed by atoms with E-state index in [1.807, 2.05) is 25.1 Å². The number of nitrogens with two attached hydrogens (primary N) is 2. The third-order valence-electron chi connectivity index (χ3n) is 5.66. The molecule has 1 fully saturated rings. The molecule has 1 aliphatic rings. The van der Waals surface area contributed by atoms with Crippen molar-refractivity contribution in [3.05, 3.63) is 65.5 Å². The van der Waals surface area contributed by atoms with Crippen LogP contribution in [0, 0.1) is 6.92 Å². The van der Waals surface area contributed by atoms with E-state index in [0.29, 0.717) is 23.4 Å². The van der Waals surface area contributed by atoms with E-state index < -0.39 is 5.91 Å². The van der Waals surface area contributed by atoms with Gasteiger partial charge in [-0.25, -0.2) is 15.0 Å². The van der Waals surface area contributed by atoms with Crippen LogP contribution in [0.1, 0.15) is 48.9 Å². The molecular weight excluding hydrogens is 550 g/mol. The fourth-order valence-corrected chi connectivity index (χ4v) is 3.47. The highest BCUT2D eigenvalue weighted by atomic mass is 35.5. The summed E-state index contributed by atoms with van der Waals surface area (Å²) in [6.45, 7) is 3.75. The molecule has 0 saturated heterocycles. The lowest BCUT2D eigenvalue weighted by atomic mass is 9.94. The summed E-state index contributed by atoms with van der Waals surface area (Å²) in [5, 5.41) is 13.9. The third-order valence-corrected chi connectivity index (χ3v) is 5.87. The van der Waals surface area contributed by atoms with Crippen molar-refractivity contribution in [1.29, 1.82) is 0 Å². The first-order chi connectivity index (χ1) is 19.7. The lowest BCUT2D eigenvalue weighted by Gasteiger charge is -2.23. The highest BCUT2D eigenvalue weighted by Crippen LogP contribution is 2.23. The van der Waals surface area contributed by atoms with Crippen LogP contribution >= 0.6 is 11.6 Å². The third kappa shape index (κ3) is 10.6. The zero-order chi connectivity index (χ0) is 30.2. The van der Waals surface area contributed by atoms with Crippen molar-refractivity contribution in [1.82, 2.24) is 30.5 Å². The van der Waals surface area contributed by atoms with E-state index in [9.17, 15) is 14.4 Å². The Hall–Kier alpha value is -4.91. The number of nitrogens with zero attached hydrogens (tertiary/aromatic N) is 4. The number of rotatable bonds is 6. The largest absolute Gasteiger partial charge is 0.372 e. The number of fused-ring (bicyclic) bond motifs is 1. The van der Waals surface area contributed by atoms with Crippen LogP contribution in [-0.2, 0) is 14.4 Å². The number of primary amides is 2. The molecule has 1 aliphatic carbocycles. The number of hydrogen-bond acceptors (Lipinski definition) is 8. The number of halogens is 1. The number of carbonyl (C=O) groups is 4. The molecular formula is C27H32ClN9O4. The predicted octanol–water partition coefficient (Wildman–Crippen LogP) is 2.90. The minimum Gasteiger partial charge on any atom is -0.372 e. The normalized spacial score (nSPS) is 11.6. The van der Waals surface area contributed by atoms with Crippen molar-refractivity contribution in [3.63, 3.8) is 0 Å². The first kappa shape index (κ1) is 32.3. The van der Waals surface area contributed by atoms with Gasteiger partial charge in [0.25, 0.3) is 5.91 Å². The lowest BCUT2D eigenvalue weighted by molar-refractivity contribution is -0.116. The summed E-state index contributed by atoms with van der Waals surface area (Å²) in [7, 11) is 0. The van der Waals surface area contributed by atoms with Crippen molar-refractivity contribution in [2.24, 2.45) is 11.5 Å². The zero-order valence-electron chi connectivity index (χ0n) is 22.6. The van der Waals surface area contributed by atoms with E-state index in [-0.39, 0.29) is 18.1 Å². The molecule has 5 rings (SSSR count). The van der Waals surface area contributed by atoms with Crippen molar-refractivity contribution in [2.75, 3.05) is 5.32 Å². The summed E-state index contributed by atoms with van der Waals surface area (Å²) in [6.07, 6.45) is 8.27. The monoisotopic (exact) mass is 581 g/mol. The van der Waals surface area contributed by atoms with E-state index in [1.54, 1.807) is 37.5 Å². The number of carbonyl (C=O) groups excluding carboxylic acids is 4. The van der Waals surface area contributed by atoms with Crippen molar-refractivity contribution >= 4 is 53.0 Å². The number of amides is 4. The Morgan fingerprint density at radius 3 is 2.32 bits per heavy atom. The summed E-state index contributed by atoms with van der Waals surface area (Å²) in [6, 6.07) is 11.5. The van der Waals surface area contributed by atoms with E-state index in [1.165, 1.54) is 19.3 Å². The maximum absolute atomic E-state index is 10.9. The fourth-order valence-electron chi connectivity index (χ4n) is 3.31. The molecule has 7 N–H and O–H groups in total. The number of aromatic nitrogens is 5. The zero-order valence-corrected chi connectivity index (χ0v) is 23.4. The second-order valence-corrected chi connectivity index (χ2v) is 8.92. The van der Waals surface area contributed by atoms with E-state index in [0.717, 1.165) is 34.1 Å². The average molecular weight is 582 g/mol. The number of H-pyrrole nitrogens is 1. The van der Waals surface area contributed by atoms with Gasteiger partial charge in [0.2, 0.25) is 24.6 Å². The minimum atomic E-state index is -0.634. The molecule has 4 amide bonds. The minimum absolute atomic E-state index is 0.0143. The quantitative estimate of drug-likeness (QED) is 0.168. The Kier molecular flexibility index (Phi) is 13.3. The van der Waals surface area contributed by atoms with Crippen molar-refractivity contribution in [3.8, 4) is 11.1 Å². The average Bonchev–Trinajstić information content (AvgIpc) is 3.32. The van der Waals surface area contributed by atoms with E-state index >= 15 is 0 Å². The lowest BCUT2D eigenvalue weighted by Crippen LogP contribution is -2.33. The summed E-state index contributed by atoms with van der Waals surface area (Å²) >= 11 is 5.61. The molecule has 13 nitrogen and oxygen atoms in total. The van der Waals surface area contributed by atoms with Gasteiger partial charge in [-0.15, -0.1) is 0 Å². The molecule has 0 bridgehead atoms.